The molecule has 0 saturated carbocycles. The second-order valence-electron chi connectivity index (χ2n) is 35.0. The molecule has 11 nitrogen and oxygen atoms in total. The van der Waals surface area contributed by atoms with Gasteiger partial charge in [0.15, 0.2) is 34.9 Å². The van der Waals surface area contributed by atoms with Crippen LogP contribution in [0.2, 0.25) is 0 Å². The summed E-state index contributed by atoms with van der Waals surface area (Å²) in [5, 5.41) is 32.0. The third-order valence-corrected chi connectivity index (χ3v) is 27.4. The summed E-state index contributed by atoms with van der Waals surface area (Å²) in [7, 11) is 0. The summed E-state index contributed by atoms with van der Waals surface area (Å²) in [4.78, 5) is 41.1. The number of hydrogen-bond donors (Lipinski definition) is 0. The summed E-state index contributed by atoms with van der Waals surface area (Å²) in [5.41, 5.74) is 16.1. The number of hydrogen-bond acceptors (Lipinski definition) is 8. The molecule has 137 heavy (non-hydrogen) atoms. The predicted molar refractivity (Wildman–Crippen MR) is 570 cm³/mol. The second kappa shape index (κ2) is 32.2. The average Bonchev–Trinajstić information content (AvgIpc) is 1.56. The smallest absolute Gasteiger partial charge is 0.238 e. The van der Waals surface area contributed by atoms with Gasteiger partial charge in [-0.3, -0.25) is 9.13 Å². The minimum atomic E-state index is 0.600. The van der Waals surface area contributed by atoms with Crippen molar-refractivity contribution in [3.63, 3.8) is 0 Å². The van der Waals surface area contributed by atoms with Gasteiger partial charge in [-0.2, -0.15) is 9.97 Å². The molecule has 0 atom stereocenters. The predicted octanol–water partition coefficient (Wildman–Crippen LogP) is 32.2. The first kappa shape index (κ1) is 78.3. The molecule has 0 radical (unpaired) electrons. The Morgan fingerprint density at radius 1 is 0.153 bits per heavy atom. The number of fused-ring (bicyclic) bond motifs is 17. The summed E-state index contributed by atoms with van der Waals surface area (Å²) in [6, 6.07) is 165. The topological polar surface area (TPSA) is 118 Å². The summed E-state index contributed by atoms with van der Waals surface area (Å²) in [5.74, 6) is 4.64. The van der Waals surface area contributed by atoms with Crippen molar-refractivity contribution >= 4 is 184 Å². The minimum absolute atomic E-state index is 0.600. The minimum Gasteiger partial charge on any atom is -0.308 e. The second-order valence-corrected chi connectivity index (χ2v) is 35.0. The number of nitrogens with zero attached hydrogens (tertiary/aromatic N) is 11. The van der Waals surface area contributed by atoms with Crippen molar-refractivity contribution in [3.05, 3.63) is 467 Å². The fraction of sp³-hybridized carbons (Fsp3) is 0. The molecular formula is C126H77N11. The summed E-state index contributed by atoms with van der Waals surface area (Å²) in [6.45, 7) is 0. The highest BCUT2D eigenvalue weighted by Gasteiger charge is 2.28. The van der Waals surface area contributed by atoms with Gasteiger partial charge < -0.3 is 4.57 Å². The first-order chi connectivity index (χ1) is 68.0. The third kappa shape index (κ3) is 12.8. The maximum Gasteiger partial charge on any atom is 0.238 e. The molecule has 0 aliphatic carbocycles. The van der Waals surface area contributed by atoms with Crippen LogP contribution >= 0.6 is 0 Å². The van der Waals surface area contributed by atoms with Crippen LogP contribution in [0.3, 0.4) is 0 Å². The molecule has 0 aliphatic heterocycles. The molecule has 636 valence electrons. The summed E-state index contributed by atoms with van der Waals surface area (Å²) >= 11 is 0. The van der Waals surface area contributed by atoms with Gasteiger partial charge in [-0.25, -0.2) is 29.9 Å². The van der Waals surface area contributed by atoms with Crippen molar-refractivity contribution in [2.45, 2.75) is 0 Å². The maximum atomic E-state index is 5.39. The van der Waals surface area contributed by atoms with Crippen molar-refractivity contribution in [2.75, 3.05) is 0 Å². The number of aromatic nitrogens is 11. The van der Waals surface area contributed by atoms with E-state index in [9.17, 15) is 0 Å². The van der Waals surface area contributed by atoms with Crippen LogP contribution in [0.5, 0.6) is 0 Å². The molecule has 0 aliphatic rings. The van der Waals surface area contributed by atoms with Gasteiger partial charge in [0.1, 0.15) is 5.69 Å². The molecule has 0 spiro atoms. The van der Waals surface area contributed by atoms with Crippen molar-refractivity contribution in [2.24, 2.45) is 0 Å². The van der Waals surface area contributed by atoms with Crippen molar-refractivity contribution < 1.29 is 0 Å². The molecule has 23 aromatic carbocycles. The molecule has 29 rings (SSSR count). The number of para-hydroxylation sites is 3. The molecule has 0 unspecified atom stereocenters. The lowest BCUT2D eigenvalue weighted by Crippen LogP contribution is -2.06. The molecule has 0 fully saturated rings. The van der Waals surface area contributed by atoms with Gasteiger partial charge >= 0.3 is 0 Å². The van der Waals surface area contributed by atoms with Gasteiger partial charge in [0, 0.05) is 65.7 Å². The molecule has 29 aromatic rings. The highest BCUT2D eigenvalue weighted by molar-refractivity contribution is 6.37. The first-order valence-electron chi connectivity index (χ1n) is 46.4. The van der Waals surface area contributed by atoms with Crippen LogP contribution in [0.15, 0.2) is 467 Å². The Labute approximate surface area is 785 Å². The fourth-order valence-electron chi connectivity index (χ4n) is 21.5. The maximum absolute atomic E-state index is 5.39. The molecule has 0 bridgehead atoms. The van der Waals surface area contributed by atoms with Gasteiger partial charge in [0.25, 0.3) is 0 Å². The van der Waals surface area contributed by atoms with E-state index >= 15 is 0 Å². The monoisotopic (exact) mass is 1740 g/mol. The van der Waals surface area contributed by atoms with Crippen LogP contribution in [0.4, 0.5) is 0 Å². The third-order valence-electron chi connectivity index (χ3n) is 27.4. The van der Waals surface area contributed by atoms with Crippen LogP contribution in [0, 0.1) is 0 Å². The number of rotatable bonds is 9. The average molecular weight is 1750 g/mol. The lowest BCUT2D eigenvalue weighted by atomic mass is 9.95. The van der Waals surface area contributed by atoms with Crippen LogP contribution < -0.4 is 0 Å². The zero-order valence-electron chi connectivity index (χ0n) is 73.9. The lowest BCUT2D eigenvalue weighted by molar-refractivity contribution is 0.954. The first-order valence-corrected chi connectivity index (χ1v) is 46.4. The molecule has 0 amide bonds. The van der Waals surface area contributed by atoms with Gasteiger partial charge in [-0.1, -0.05) is 400 Å². The van der Waals surface area contributed by atoms with E-state index in [0.717, 1.165) is 94.7 Å². The van der Waals surface area contributed by atoms with Gasteiger partial charge in [-0.15, -0.1) is 0 Å². The normalized spacial score (nSPS) is 11.8. The van der Waals surface area contributed by atoms with E-state index in [1.807, 2.05) is 133 Å². The molecule has 6 heterocycles. The van der Waals surface area contributed by atoms with E-state index < -0.39 is 0 Å². The highest BCUT2D eigenvalue weighted by Crippen LogP contribution is 2.49. The van der Waals surface area contributed by atoms with Crippen LogP contribution in [0.1, 0.15) is 0 Å². The van der Waals surface area contributed by atoms with E-state index in [2.05, 4.69) is 347 Å². The molecule has 11 heteroatoms. The van der Waals surface area contributed by atoms with E-state index in [1.54, 1.807) is 0 Å². The zero-order valence-corrected chi connectivity index (χ0v) is 73.9. The summed E-state index contributed by atoms with van der Waals surface area (Å²) in [6.07, 6.45) is 0. The van der Waals surface area contributed by atoms with Crippen molar-refractivity contribution in [1.82, 2.24) is 53.6 Å². The van der Waals surface area contributed by atoms with Gasteiger partial charge in [0.2, 0.25) is 5.95 Å². The van der Waals surface area contributed by atoms with E-state index in [1.165, 1.54) is 140 Å². The SMILES string of the molecule is c1ccc(-c2nc(-c3ccccc3)nc(-c3ccccc3-n3c4cccc5c6ccccc6c6ccccc6c6cccc3c6c54)n2)cc1.c1ccc(-c2nc(-c3ccccc3)nc(-n3c4cccc5c6ccccc6c6ccccc6c6cccc3c6c54)n2)cc1.c1ccc2cc(-c3nc4ccccc4nc3-n3c4cccc5c6ccccc6c6ccccc6c6cccc3c6c54)ccc2c1. The summed E-state index contributed by atoms with van der Waals surface area (Å²) < 4.78 is 6.96. The Balaban J connectivity index is 0.000000104. The van der Waals surface area contributed by atoms with Crippen LogP contribution in [-0.4, -0.2) is 53.6 Å². The molecular weight excluding hydrogens is 1670 g/mol. The zero-order chi connectivity index (χ0) is 90.1. The Morgan fingerprint density at radius 3 is 0.774 bits per heavy atom. The van der Waals surface area contributed by atoms with E-state index in [4.69, 9.17) is 39.9 Å². The van der Waals surface area contributed by atoms with E-state index in [-0.39, 0.29) is 0 Å². The largest absolute Gasteiger partial charge is 0.308 e. The van der Waals surface area contributed by atoms with Gasteiger partial charge in [0.05, 0.1) is 49.8 Å². The van der Waals surface area contributed by atoms with Crippen LogP contribution in [-0.2, 0) is 0 Å². The van der Waals surface area contributed by atoms with E-state index in [0.29, 0.717) is 35.1 Å². The van der Waals surface area contributed by atoms with Crippen LogP contribution in [0.25, 0.3) is 270 Å². The molecule has 0 N–H and O–H groups in total. The molecule has 0 saturated heterocycles. The standard InChI is InChI=1S/C45H28N4.C42H25N3.C39H24N4/c1-3-15-29(16-4-1)43-46-44(30-17-5-2-6-18-30)48-45(47-43)37-23-11-12-26-38(37)49-39-27-13-24-35-33-21-9-7-19-31(33)32-20-8-10-22-34(32)36-25-14-28-40(49)42(36)41(35)39;1-2-12-27-25-28(24-23-26(27)11-1)41-42(44-36-20-8-7-19-35(36)43-41)45-37-21-9-17-33-31-15-5-3-13-29(31)30-14-4-6-16-32(30)34-18-10-22-38(45)40(34)39(33)37;1-3-13-25(14-4-1)37-40-38(26-15-5-2-6-16-26)42-39(41-37)43-33-23-11-21-31-29-19-9-7-17-27(29)28-18-8-10-20-30(28)32-22-12-24-34(43)36(32)35(31)33/h1-28H;1-25H;1-24H. The van der Waals surface area contributed by atoms with Crippen molar-refractivity contribution in [1.29, 1.82) is 0 Å². The Kier molecular flexibility index (Phi) is 18.4. The Morgan fingerprint density at radius 2 is 0.416 bits per heavy atom. The number of benzene rings is 20. The van der Waals surface area contributed by atoms with Crippen molar-refractivity contribution in [3.8, 4) is 85.7 Å². The van der Waals surface area contributed by atoms with Gasteiger partial charge in [-0.05, 0) is 174 Å². The fourth-order valence-corrected chi connectivity index (χ4v) is 21.5. The Bertz CT molecular complexity index is 9560. The molecule has 6 aromatic heterocycles. The quantitative estimate of drug-likeness (QED) is 0.140. The highest BCUT2D eigenvalue weighted by atomic mass is 15.2. The Hall–Kier alpha value is -18.6. The lowest BCUT2D eigenvalue weighted by Gasteiger charge is -2.14.